The molecule has 1 heterocycles. The highest BCUT2D eigenvalue weighted by Crippen LogP contribution is 2.10. The van der Waals surface area contributed by atoms with E-state index in [4.69, 9.17) is 0 Å². The fraction of sp³-hybridized carbons (Fsp3) is 0.615. The quantitative estimate of drug-likeness (QED) is 0.775. The predicted octanol–water partition coefficient (Wildman–Crippen LogP) is 2.14. The fourth-order valence-electron chi connectivity index (χ4n) is 1.78. The van der Waals surface area contributed by atoms with Crippen molar-refractivity contribution < 1.29 is 5.11 Å². The van der Waals surface area contributed by atoms with Crippen molar-refractivity contribution in [3.63, 3.8) is 0 Å². The Morgan fingerprint density at radius 1 is 1.31 bits per heavy atom. The molecule has 0 radical (unpaired) electrons. The maximum absolute atomic E-state index is 9.26. The molecule has 0 aromatic carbocycles. The van der Waals surface area contributed by atoms with Crippen LogP contribution in [0.1, 0.15) is 38.9 Å². The van der Waals surface area contributed by atoms with Crippen molar-refractivity contribution in [1.29, 1.82) is 0 Å². The number of hydrogen-bond acceptors (Lipinski definition) is 3. The monoisotopic (exact) mass is 222 g/mol. The number of aromatic nitrogens is 1. The fourth-order valence-corrected chi connectivity index (χ4v) is 1.78. The van der Waals surface area contributed by atoms with Crippen LogP contribution in [0, 0.1) is 5.92 Å². The van der Waals surface area contributed by atoms with Gasteiger partial charge in [-0.1, -0.05) is 13.0 Å². The topological polar surface area (TPSA) is 45.1 Å². The third-order valence-electron chi connectivity index (χ3n) is 2.65. The van der Waals surface area contributed by atoms with Crippen molar-refractivity contribution in [3.05, 3.63) is 30.1 Å². The number of rotatable bonds is 6. The van der Waals surface area contributed by atoms with E-state index in [0.29, 0.717) is 5.92 Å². The largest absolute Gasteiger partial charge is 0.393 e. The van der Waals surface area contributed by atoms with Crippen molar-refractivity contribution >= 4 is 0 Å². The first-order valence-corrected chi connectivity index (χ1v) is 5.92. The molecule has 0 aliphatic carbocycles. The molecule has 90 valence electrons. The molecule has 3 heteroatoms. The van der Waals surface area contributed by atoms with E-state index in [1.165, 1.54) is 0 Å². The maximum Gasteiger partial charge on any atom is 0.0570 e. The number of aliphatic hydroxyl groups is 1. The zero-order valence-electron chi connectivity index (χ0n) is 10.4. The summed E-state index contributed by atoms with van der Waals surface area (Å²) in [5.41, 5.74) is 1.06. The number of aliphatic hydroxyl groups excluding tert-OH is 1. The van der Waals surface area contributed by atoms with E-state index in [9.17, 15) is 5.11 Å². The van der Waals surface area contributed by atoms with Crippen LogP contribution in [-0.4, -0.2) is 22.7 Å². The number of nitrogens with one attached hydrogen (secondary N) is 1. The van der Waals surface area contributed by atoms with E-state index in [1.54, 1.807) is 0 Å². The molecule has 0 bridgehead atoms. The van der Waals surface area contributed by atoms with Crippen molar-refractivity contribution in [3.8, 4) is 0 Å². The lowest BCUT2D eigenvalue weighted by atomic mass is 10.0. The Balaban J connectivity index is 2.33. The van der Waals surface area contributed by atoms with Crippen molar-refractivity contribution in [2.45, 2.75) is 39.3 Å². The number of hydrogen-bond donors (Lipinski definition) is 2. The highest BCUT2D eigenvalue weighted by molar-refractivity contribution is 5.07. The SMILES string of the molecule is CC(O)CC(C)CNC(C)c1ccccn1. The molecule has 0 aliphatic rings. The summed E-state index contributed by atoms with van der Waals surface area (Å²) in [6, 6.07) is 6.21. The third-order valence-corrected chi connectivity index (χ3v) is 2.65. The van der Waals surface area contributed by atoms with Crippen LogP contribution in [0.15, 0.2) is 24.4 Å². The van der Waals surface area contributed by atoms with Crippen LogP contribution in [0.2, 0.25) is 0 Å². The van der Waals surface area contributed by atoms with Gasteiger partial charge in [0, 0.05) is 12.2 Å². The van der Waals surface area contributed by atoms with Gasteiger partial charge in [0.25, 0.3) is 0 Å². The van der Waals surface area contributed by atoms with E-state index < -0.39 is 0 Å². The van der Waals surface area contributed by atoms with E-state index in [0.717, 1.165) is 18.7 Å². The third kappa shape index (κ3) is 4.73. The van der Waals surface area contributed by atoms with Gasteiger partial charge in [-0.2, -0.15) is 0 Å². The van der Waals surface area contributed by atoms with Gasteiger partial charge in [0.1, 0.15) is 0 Å². The van der Waals surface area contributed by atoms with Gasteiger partial charge in [0.2, 0.25) is 0 Å². The molecule has 1 aromatic rings. The Hall–Kier alpha value is -0.930. The van der Waals surface area contributed by atoms with E-state index >= 15 is 0 Å². The van der Waals surface area contributed by atoms with E-state index in [2.05, 4.69) is 24.1 Å². The second-order valence-electron chi connectivity index (χ2n) is 4.57. The summed E-state index contributed by atoms with van der Waals surface area (Å²) >= 11 is 0. The molecule has 16 heavy (non-hydrogen) atoms. The summed E-state index contributed by atoms with van der Waals surface area (Å²) in [4.78, 5) is 4.31. The lowest BCUT2D eigenvalue weighted by Gasteiger charge is -2.18. The van der Waals surface area contributed by atoms with Crippen LogP contribution < -0.4 is 5.32 Å². The minimum Gasteiger partial charge on any atom is -0.393 e. The van der Waals surface area contributed by atoms with Gasteiger partial charge in [-0.25, -0.2) is 0 Å². The summed E-state index contributed by atoms with van der Waals surface area (Å²) in [6.45, 7) is 6.99. The highest BCUT2D eigenvalue weighted by Gasteiger charge is 2.09. The van der Waals surface area contributed by atoms with Crippen molar-refractivity contribution in [1.82, 2.24) is 10.3 Å². The second kappa shape index (κ2) is 6.61. The van der Waals surface area contributed by atoms with Gasteiger partial charge in [-0.15, -0.1) is 0 Å². The minimum atomic E-state index is -0.220. The summed E-state index contributed by atoms with van der Waals surface area (Å²) in [5.74, 6) is 0.478. The Morgan fingerprint density at radius 2 is 2.06 bits per heavy atom. The predicted molar refractivity (Wildman–Crippen MR) is 66.1 cm³/mol. The maximum atomic E-state index is 9.26. The van der Waals surface area contributed by atoms with Crippen LogP contribution in [0.3, 0.4) is 0 Å². The second-order valence-corrected chi connectivity index (χ2v) is 4.57. The van der Waals surface area contributed by atoms with Crippen LogP contribution in [0.25, 0.3) is 0 Å². The highest BCUT2D eigenvalue weighted by atomic mass is 16.3. The summed E-state index contributed by atoms with van der Waals surface area (Å²) in [6.07, 6.45) is 2.43. The molecule has 0 amide bonds. The van der Waals surface area contributed by atoms with Gasteiger partial charge < -0.3 is 10.4 Å². The Kier molecular flexibility index (Phi) is 5.43. The molecule has 3 nitrogen and oxygen atoms in total. The van der Waals surface area contributed by atoms with Crippen LogP contribution in [0.4, 0.5) is 0 Å². The summed E-state index contributed by atoms with van der Waals surface area (Å²) < 4.78 is 0. The molecular formula is C13H22N2O. The summed E-state index contributed by atoms with van der Waals surface area (Å²) in [7, 11) is 0. The average molecular weight is 222 g/mol. The Labute approximate surface area is 97.9 Å². The Morgan fingerprint density at radius 3 is 2.62 bits per heavy atom. The number of pyridine rings is 1. The van der Waals surface area contributed by atoms with Crippen LogP contribution in [0.5, 0.6) is 0 Å². The van der Waals surface area contributed by atoms with Gasteiger partial charge >= 0.3 is 0 Å². The van der Waals surface area contributed by atoms with Crippen LogP contribution >= 0.6 is 0 Å². The average Bonchev–Trinajstić information content (AvgIpc) is 2.26. The lowest BCUT2D eigenvalue weighted by Crippen LogP contribution is -2.26. The first kappa shape index (κ1) is 13.1. The smallest absolute Gasteiger partial charge is 0.0570 e. The molecule has 2 N–H and O–H groups in total. The van der Waals surface area contributed by atoms with E-state index in [-0.39, 0.29) is 12.1 Å². The normalized spacial score (nSPS) is 16.8. The molecule has 1 rings (SSSR count). The zero-order valence-corrected chi connectivity index (χ0v) is 10.4. The molecule has 0 fully saturated rings. The molecule has 0 spiro atoms. The number of nitrogens with zero attached hydrogens (tertiary/aromatic N) is 1. The van der Waals surface area contributed by atoms with Crippen LogP contribution in [-0.2, 0) is 0 Å². The molecular weight excluding hydrogens is 200 g/mol. The zero-order chi connectivity index (χ0) is 12.0. The summed E-state index contributed by atoms with van der Waals surface area (Å²) in [5, 5.41) is 12.7. The van der Waals surface area contributed by atoms with E-state index in [1.807, 2.05) is 31.3 Å². The van der Waals surface area contributed by atoms with Gasteiger partial charge in [0.15, 0.2) is 0 Å². The van der Waals surface area contributed by atoms with Crippen molar-refractivity contribution in [2.75, 3.05) is 6.54 Å². The Bertz CT molecular complexity index is 287. The molecule has 3 atom stereocenters. The molecule has 0 saturated heterocycles. The van der Waals surface area contributed by atoms with Gasteiger partial charge in [-0.3, -0.25) is 4.98 Å². The standard InChI is InChI=1S/C13H22N2O/c1-10(8-11(2)16)9-15-12(3)13-6-4-5-7-14-13/h4-7,10-12,15-16H,8-9H2,1-3H3. The lowest BCUT2D eigenvalue weighted by molar-refractivity contribution is 0.162. The van der Waals surface area contributed by atoms with Crippen molar-refractivity contribution in [2.24, 2.45) is 5.92 Å². The first-order valence-electron chi connectivity index (χ1n) is 5.92. The molecule has 1 aromatic heterocycles. The minimum absolute atomic E-state index is 0.220. The van der Waals surface area contributed by atoms with Gasteiger partial charge in [0.05, 0.1) is 11.8 Å². The molecule has 3 unspecified atom stereocenters. The molecule has 0 saturated carbocycles. The van der Waals surface area contributed by atoms with Gasteiger partial charge in [-0.05, 0) is 44.9 Å². The molecule has 0 aliphatic heterocycles. The first-order chi connectivity index (χ1) is 7.59.